The Balaban J connectivity index is 1.59. The standard InChI is InChI=1S/C22H27NO2/c1-22(18-10-6-3-7-11-18)14-12-19(13-15-22)23-20(21(24)25)16-17-8-4-2-5-9-17/h2-11,19-20,23H,12-16H2,1H3,(H,24,25)/t19?,20-,22?/m0/s1. The molecule has 3 heteroatoms. The number of carbonyl (C=O) groups is 1. The first-order valence-electron chi connectivity index (χ1n) is 9.15. The third-order valence-electron chi connectivity index (χ3n) is 5.58. The van der Waals surface area contributed by atoms with Crippen molar-refractivity contribution in [1.29, 1.82) is 0 Å². The Morgan fingerprint density at radius 2 is 1.64 bits per heavy atom. The molecule has 1 atom stereocenters. The number of benzene rings is 2. The van der Waals surface area contributed by atoms with Crippen molar-refractivity contribution in [1.82, 2.24) is 5.32 Å². The van der Waals surface area contributed by atoms with E-state index in [-0.39, 0.29) is 11.5 Å². The average molecular weight is 337 g/mol. The molecule has 0 heterocycles. The summed E-state index contributed by atoms with van der Waals surface area (Å²) in [5.74, 6) is -0.764. The average Bonchev–Trinajstić information content (AvgIpc) is 2.64. The molecule has 3 rings (SSSR count). The van der Waals surface area contributed by atoms with Gasteiger partial charge in [0.1, 0.15) is 6.04 Å². The second-order valence-electron chi connectivity index (χ2n) is 7.45. The van der Waals surface area contributed by atoms with E-state index in [1.165, 1.54) is 5.56 Å². The number of carboxylic acids is 1. The highest BCUT2D eigenvalue weighted by Gasteiger charge is 2.34. The molecule has 0 bridgehead atoms. The molecule has 3 nitrogen and oxygen atoms in total. The number of aliphatic carboxylic acids is 1. The number of rotatable bonds is 6. The van der Waals surface area contributed by atoms with Gasteiger partial charge in [0.15, 0.2) is 0 Å². The summed E-state index contributed by atoms with van der Waals surface area (Å²) in [6.45, 7) is 2.33. The molecule has 0 radical (unpaired) electrons. The van der Waals surface area contributed by atoms with Crippen LogP contribution in [0.25, 0.3) is 0 Å². The van der Waals surface area contributed by atoms with Crippen LogP contribution in [0, 0.1) is 0 Å². The molecular formula is C22H27NO2. The molecule has 132 valence electrons. The van der Waals surface area contributed by atoms with Gasteiger partial charge in [-0.3, -0.25) is 4.79 Å². The van der Waals surface area contributed by atoms with Gasteiger partial charge >= 0.3 is 5.97 Å². The Morgan fingerprint density at radius 1 is 1.08 bits per heavy atom. The fourth-order valence-corrected chi connectivity index (χ4v) is 3.90. The Labute approximate surface area is 150 Å². The maximum atomic E-state index is 11.7. The summed E-state index contributed by atoms with van der Waals surface area (Å²) >= 11 is 0. The first-order chi connectivity index (χ1) is 12.1. The van der Waals surface area contributed by atoms with E-state index in [0.717, 1.165) is 31.2 Å². The topological polar surface area (TPSA) is 49.3 Å². The molecule has 2 N–H and O–H groups in total. The van der Waals surface area contributed by atoms with Gasteiger partial charge < -0.3 is 10.4 Å². The summed E-state index contributed by atoms with van der Waals surface area (Å²) in [4.78, 5) is 11.7. The van der Waals surface area contributed by atoms with Gasteiger partial charge in [-0.2, -0.15) is 0 Å². The lowest BCUT2D eigenvalue weighted by Crippen LogP contribution is -2.47. The van der Waals surface area contributed by atoms with E-state index in [9.17, 15) is 9.90 Å². The van der Waals surface area contributed by atoms with Gasteiger partial charge in [0.05, 0.1) is 0 Å². The largest absolute Gasteiger partial charge is 0.480 e. The molecule has 0 amide bonds. The van der Waals surface area contributed by atoms with Gasteiger partial charge in [-0.15, -0.1) is 0 Å². The smallest absolute Gasteiger partial charge is 0.321 e. The Bertz CT molecular complexity index is 676. The highest BCUT2D eigenvalue weighted by molar-refractivity contribution is 5.74. The van der Waals surface area contributed by atoms with Crippen molar-refractivity contribution in [3.8, 4) is 0 Å². The van der Waals surface area contributed by atoms with E-state index in [2.05, 4.69) is 42.6 Å². The fraction of sp³-hybridized carbons (Fsp3) is 0.409. The van der Waals surface area contributed by atoms with Crippen LogP contribution in [0.2, 0.25) is 0 Å². The molecule has 0 unspecified atom stereocenters. The molecule has 2 aromatic rings. The minimum absolute atomic E-state index is 0.206. The second-order valence-corrected chi connectivity index (χ2v) is 7.45. The summed E-state index contributed by atoms with van der Waals surface area (Å²) in [5, 5.41) is 13.0. The van der Waals surface area contributed by atoms with Crippen LogP contribution in [0.1, 0.15) is 43.7 Å². The van der Waals surface area contributed by atoms with E-state index >= 15 is 0 Å². The van der Waals surface area contributed by atoms with Crippen LogP contribution in [0.3, 0.4) is 0 Å². The van der Waals surface area contributed by atoms with Crippen LogP contribution in [0.4, 0.5) is 0 Å². The Morgan fingerprint density at radius 3 is 2.20 bits per heavy atom. The van der Waals surface area contributed by atoms with E-state index < -0.39 is 12.0 Å². The number of hydrogen-bond donors (Lipinski definition) is 2. The normalized spacial score (nSPS) is 24.6. The van der Waals surface area contributed by atoms with Crippen LogP contribution in [0.15, 0.2) is 60.7 Å². The quantitative estimate of drug-likeness (QED) is 0.831. The highest BCUT2D eigenvalue weighted by Crippen LogP contribution is 2.39. The van der Waals surface area contributed by atoms with Gasteiger partial charge in [-0.25, -0.2) is 0 Å². The zero-order chi connectivity index (χ0) is 17.7. The van der Waals surface area contributed by atoms with Crippen molar-refractivity contribution in [3.05, 3.63) is 71.8 Å². The maximum Gasteiger partial charge on any atom is 0.321 e. The molecule has 1 aliphatic carbocycles. The van der Waals surface area contributed by atoms with Crippen LogP contribution < -0.4 is 5.32 Å². The third-order valence-corrected chi connectivity index (χ3v) is 5.58. The van der Waals surface area contributed by atoms with Crippen molar-refractivity contribution < 1.29 is 9.90 Å². The monoisotopic (exact) mass is 337 g/mol. The van der Waals surface area contributed by atoms with Gasteiger partial charge in [0.2, 0.25) is 0 Å². The summed E-state index contributed by atoms with van der Waals surface area (Å²) in [5.41, 5.74) is 2.66. The minimum atomic E-state index is -0.764. The van der Waals surface area contributed by atoms with E-state index in [0.29, 0.717) is 6.42 Å². The van der Waals surface area contributed by atoms with Gasteiger partial charge in [0.25, 0.3) is 0 Å². The van der Waals surface area contributed by atoms with Gasteiger partial charge in [0, 0.05) is 6.04 Å². The van der Waals surface area contributed by atoms with Crippen molar-refractivity contribution in [2.75, 3.05) is 0 Å². The van der Waals surface area contributed by atoms with Crippen molar-refractivity contribution in [2.45, 2.75) is 56.5 Å². The first-order valence-corrected chi connectivity index (χ1v) is 9.15. The summed E-state index contributed by atoms with van der Waals surface area (Å²) in [7, 11) is 0. The van der Waals surface area contributed by atoms with Crippen LogP contribution in [-0.2, 0) is 16.6 Å². The molecule has 1 fully saturated rings. The SMILES string of the molecule is CC1(c2ccccc2)CCC(N[C@@H](Cc2ccccc2)C(=O)O)CC1. The molecule has 2 aromatic carbocycles. The lowest BCUT2D eigenvalue weighted by Gasteiger charge is -2.39. The molecule has 25 heavy (non-hydrogen) atoms. The zero-order valence-corrected chi connectivity index (χ0v) is 14.8. The predicted molar refractivity (Wildman–Crippen MR) is 101 cm³/mol. The minimum Gasteiger partial charge on any atom is -0.480 e. The summed E-state index contributed by atoms with van der Waals surface area (Å²) in [6, 6.07) is 20.3. The molecule has 1 aliphatic rings. The van der Waals surface area contributed by atoms with E-state index in [1.807, 2.05) is 30.3 Å². The first kappa shape index (κ1) is 17.7. The maximum absolute atomic E-state index is 11.7. The molecule has 1 saturated carbocycles. The van der Waals surface area contributed by atoms with Crippen molar-refractivity contribution in [3.63, 3.8) is 0 Å². The number of hydrogen-bond acceptors (Lipinski definition) is 2. The van der Waals surface area contributed by atoms with Crippen LogP contribution in [0.5, 0.6) is 0 Å². The molecule has 0 saturated heterocycles. The fourth-order valence-electron chi connectivity index (χ4n) is 3.90. The van der Waals surface area contributed by atoms with Gasteiger partial charge in [-0.1, -0.05) is 67.6 Å². The molecular weight excluding hydrogens is 310 g/mol. The third kappa shape index (κ3) is 4.49. The molecule has 0 aromatic heterocycles. The van der Waals surface area contributed by atoms with E-state index in [4.69, 9.17) is 0 Å². The van der Waals surface area contributed by atoms with Crippen LogP contribution >= 0.6 is 0 Å². The Hall–Kier alpha value is -2.13. The molecule has 0 spiro atoms. The zero-order valence-electron chi connectivity index (χ0n) is 14.8. The van der Waals surface area contributed by atoms with Crippen molar-refractivity contribution in [2.24, 2.45) is 0 Å². The van der Waals surface area contributed by atoms with Crippen molar-refractivity contribution >= 4 is 5.97 Å². The predicted octanol–water partition coefficient (Wildman–Crippen LogP) is 4.17. The lowest BCUT2D eigenvalue weighted by molar-refractivity contribution is -0.139. The highest BCUT2D eigenvalue weighted by atomic mass is 16.4. The number of carboxylic acid groups (broad SMARTS) is 1. The lowest BCUT2D eigenvalue weighted by atomic mass is 9.69. The molecule has 0 aliphatic heterocycles. The van der Waals surface area contributed by atoms with E-state index in [1.54, 1.807) is 0 Å². The summed E-state index contributed by atoms with van der Waals surface area (Å²) < 4.78 is 0. The summed E-state index contributed by atoms with van der Waals surface area (Å²) in [6.07, 6.45) is 4.75. The van der Waals surface area contributed by atoms with Gasteiger partial charge in [-0.05, 0) is 48.6 Å². The van der Waals surface area contributed by atoms with Crippen LogP contribution in [-0.4, -0.2) is 23.2 Å². The Kier molecular flexibility index (Phi) is 5.54. The number of nitrogens with one attached hydrogen (secondary N) is 1. The second kappa shape index (κ2) is 7.83.